The molecule has 13 nitrogen and oxygen atoms in total. The van der Waals surface area contributed by atoms with Crippen LogP contribution >= 0.6 is 0 Å². The number of ether oxygens (including phenoxy) is 2. The van der Waals surface area contributed by atoms with E-state index in [0.717, 1.165) is 0 Å². The molecule has 2 aromatic carbocycles. The van der Waals surface area contributed by atoms with Gasteiger partial charge in [0, 0.05) is 91.6 Å². The van der Waals surface area contributed by atoms with Gasteiger partial charge >= 0.3 is 0 Å². The number of nitrogens with one attached hydrogen (secondary N) is 1. The van der Waals surface area contributed by atoms with Crippen molar-refractivity contribution in [3.63, 3.8) is 0 Å². The van der Waals surface area contributed by atoms with Crippen molar-refractivity contribution < 1.29 is 37.7 Å². The predicted molar refractivity (Wildman–Crippen MR) is 193 cm³/mol. The third-order valence-corrected chi connectivity index (χ3v) is 9.47. The molecule has 1 aliphatic rings. The molecule has 0 aliphatic carbocycles. The first-order valence-electron chi connectivity index (χ1n) is 17.0. The van der Waals surface area contributed by atoms with E-state index in [0.29, 0.717) is 33.8 Å². The molecule has 0 saturated heterocycles. The minimum atomic E-state index is -1.22. The Morgan fingerprint density at radius 2 is 1.67 bits per heavy atom. The number of carbonyl (C=O) groups excluding carboxylic acids is 5. The van der Waals surface area contributed by atoms with Gasteiger partial charge in [-0.1, -0.05) is 19.1 Å². The number of hydrogen-bond donors (Lipinski definition) is 3. The summed E-state index contributed by atoms with van der Waals surface area (Å²) in [7, 11) is 0.264. The molecular formula is C37H49N5O8S. The van der Waals surface area contributed by atoms with Crippen molar-refractivity contribution in [3.8, 4) is 28.7 Å². The number of Topliss-reactive ketones (excluding diaryl/α,β-unsaturated/α-hetero) is 3. The minimum Gasteiger partial charge on any atom is -0.492 e. The molecule has 2 amide bonds. The Morgan fingerprint density at radius 3 is 2.25 bits per heavy atom. The van der Waals surface area contributed by atoms with Gasteiger partial charge in [-0.2, -0.15) is 5.26 Å². The Morgan fingerprint density at radius 1 is 1.04 bits per heavy atom. The van der Waals surface area contributed by atoms with Crippen LogP contribution in [0, 0.1) is 23.2 Å². The number of carbonyl (C=O) groups is 5. The highest BCUT2D eigenvalue weighted by Gasteiger charge is 2.36. The van der Waals surface area contributed by atoms with Gasteiger partial charge in [0.2, 0.25) is 11.8 Å². The average molecular weight is 724 g/mol. The zero-order chi connectivity index (χ0) is 37.7. The number of nitriles is 1. The summed E-state index contributed by atoms with van der Waals surface area (Å²) in [5.41, 5.74) is 13.7. The highest BCUT2D eigenvalue weighted by molar-refractivity contribution is 7.84. The maximum Gasteiger partial charge on any atom is 0.226 e. The number of rotatable bonds is 16. The van der Waals surface area contributed by atoms with Gasteiger partial charge in [-0.15, -0.1) is 0 Å². The normalized spacial score (nSPS) is 18.7. The molecule has 0 aromatic heterocycles. The van der Waals surface area contributed by atoms with Crippen LogP contribution in [0.5, 0.6) is 11.5 Å². The molecule has 3 rings (SSSR count). The first-order chi connectivity index (χ1) is 24.3. The van der Waals surface area contributed by atoms with Crippen LogP contribution in [0.3, 0.4) is 0 Å². The van der Waals surface area contributed by atoms with Crippen molar-refractivity contribution in [1.82, 2.24) is 10.2 Å². The molecule has 51 heavy (non-hydrogen) atoms. The van der Waals surface area contributed by atoms with Gasteiger partial charge < -0.3 is 36.0 Å². The number of benzene rings is 2. The van der Waals surface area contributed by atoms with E-state index in [4.69, 9.17) is 26.2 Å². The van der Waals surface area contributed by atoms with E-state index >= 15 is 0 Å². The molecule has 0 saturated carbocycles. The van der Waals surface area contributed by atoms with Crippen LogP contribution in [0.25, 0.3) is 11.1 Å². The van der Waals surface area contributed by atoms with E-state index < -0.39 is 52.3 Å². The largest absolute Gasteiger partial charge is 0.492 e. The van der Waals surface area contributed by atoms with Crippen molar-refractivity contribution in [2.45, 2.75) is 64.5 Å². The lowest BCUT2D eigenvalue weighted by Gasteiger charge is -2.32. The van der Waals surface area contributed by atoms with Crippen molar-refractivity contribution in [3.05, 3.63) is 47.5 Å². The highest BCUT2D eigenvalue weighted by atomic mass is 32.2. The molecule has 5 atom stereocenters. The Bertz CT molecular complexity index is 1660. The van der Waals surface area contributed by atoms with E-state index in [-0.39, 0.29) is 82.1 Å². The lowest BCUT2D eigenvalue weighted by atomic mass is 9.88. The second-order valence-corrected chi connectivity index (χ2v) is 14.4. The summed E-state index contributed by atoms with van der Waals surface area (Å²) in [5.74, 6) is -2.66. The van der Waals surface area contributed by atoms with Crippen LogP contribution in [0.4, 0.5) is 0 Å². The molecule has 4 bridgehead atoms. The van der Waals surface area contributed by atoms with E-state index in [1.54, 1.807) is 37.3 Å². The molecule has 0 radical (unpaired) electrons. The molecule has 1 aliphatic heterocycles. The third kappa shape index (κ3) is 11.5. The van der Waals surface area contributed by atoms with Gasteiger partial charge in [0.1, 0.15) is 36.5 Å². The summed E-state index contributed by atoms with van der Waals surface area (Å²) in [4.78, 5) is 68.8. The van der Waals surface area contributed by atoms with Crippen molar-refractivity contribution in [2.24, 2.45) is 23.3 Å². The number of nitrogens with two attached hydrogens (primary N) is 2. The van der Waals surface area contributed by atoms with Crippen LogP contribution in [-0.2, 0) is 41.2 Å². The Kier molecular flexibility index (Phi) is 15.9. The Balaban J connectivity index is 2.30. The molecule has 5 N–H and O–H groups in total. The fourth-order valence-electron chi connectivity index (χ4n) is 6.10. The summed E-state index contributed by atoms with van der Waals surface area (Å²) in [6.07, 6.45) is 1.35. The number of fused-ring (bicyclic) bond motifs is 5. The minimum absolute atomic E-state index is 0.0220. The fourth-order valence-corrected chi connectivity index (χ4v) is 6.71. The van der Waals surface area contributed by atoms with Crippen LogP contribution in [0.2, 0.25) is 0 Å². The van der Waals surface area contributed by atoms with Gasteiger partial charge in [-0.25, -0.2) is 0 Å². The molecule has 1 unspecified atom stereocenters. The third-order valence-electron chi connectivity index (χ3n) is 8.66. The first-order valence-corrected chi connectivity index (χ1v) is 18.8. The molecule has 2 aromatic rings. The monoisotopic (exact) mass is 723 g/mol. The van der Waals surface area contributed by atoms with Gasteiger partial charge in [0.05, 0.1) is 12.1 Å². The fraction of sp³-hybridized carbons (Fsp3) is 0.514. The Hall–Kier alpha value is -4.45. The van der Waals surface area contributed by atoms with Crippen molar-refractivity contribution in [1.29, 1.82) is 5.26 Å². The van der Waals surface area contributed by atoms with E-state index in [9.17, 15) is 28.2 Å². The Labute approximate surface area is 301 Å². The maximum absolute atomic E-state index is 14.3. The molecular weight excluding hydrogens is 675 g/mol. The molecule has 14 heteroatoms. The smallest absolute Gasteiger partial charge is 0.226 e. The lowest BCUT2D eigenvalue weighted by molar-refractivity contribution is -0.143. The number of nitrogens with zero attached hydrogens (tertiary/aromatic N) is 2. The number of amides is 2. The summed E-state index contributed by atoms with van der Waals surface area (Å²) >= 11 is 0. The second kappa shape index (κ2) is 19.8. The maximum atomic E-state index is 14.3. The van der Waals surface area contributed by atoms with Crippen molar-refractivity contribution in [2.75, 3.05) is 45.4 Å². The zero-order valence-corrected chi connectivity index (χ0v) is 30.6. The zero-order valence-electron chi connectivity index (χ0n) is 29.8. The summed E-state index contributed by atoms with van der Waals surface area (Å²) in [6.45, 7) is 3.76. The molecule has 1 heterocycles. The SMILES string of the molecule is CC(=O)C[C@@H](CCS(C)=O)C(=O)N(C)[C@@H]1C(=O)C[C@@H](C)C(=O)N[C@H](C(=O)CCC#N)Cc2ccc(OCCN)c(c2)-c2cc1ccc2OCCN. The summed E-state index contributed by atoms with van der Waals surface area (Å²) in [6, 6.07) is 10.2. The van der Waals surface area contributed by atoms with Crippen molar-refractivity contribution >= 4 is 40.0 Å². The van der Waals surface area contributed by atoms with E-state index in [1.807, 2.05) is 12.1 Å². The molecule has 0 spiro atoms. The molecule has 0 fully saturated rings. The van der Waals surface area contributed by atoms with E-state index in [1.165, 1.54) is 25.1 Å². The molecule has 276 valence electrons. The van der Waals surface area contributed by atoms with Crippen LogP contribution < -0.4 is 26.3 Å². The topological polar surface area (TPSA) is 212 Å². The first kappa shape index (κ1) is 41.0. The van der Waals surface area contributed by atoms with E-state index in [2.05, 4.69) is 5.32 Å². The van der Waals surface area contributed by atoms with Crippen LogP contribution in [0.1, 0.15) is 63.1 Å². The van der Waals surface area contributed by atoms with Crippen LogP contribution in [-0.4, -0.2) is 89.7 Å². The summed E-state index contributed by atoms with van der Waals surface area (Å²) in [5, 5.41) is 11.9. The highest BCUT2D eigenvalue weighted by Crippen LogP contribution is 2.40. The van der Waals surface area contributed by atoms with Crippen LogP contribution in [0.15, 0.2) is 36.4 Å². The standard InChI is InChI=1S/C37H49N5O8S/c1-23-18-32(45)35(42(3)37(47)27(19-24(2)43)11-17-51(4)48)26-8-10-34(50-16-14-40)29(22-26)28-20-25(7-9-33(28)49-15-13-39)21-30(41-36(23)46)31(44)6-5-12-38/h7-10,20,22-23,27,30,35H,5-6,11,13-19,21,39-40H2,1-4H3,(H,41,46)/t23-,27-,30+,35+,51?/m1/s1. The summed E-state index contributed by atoms with van der Waals surface area (Å²) < 4.78 is 24.0. The quantitative estimate of drug-likeness (QED) is 0.229. The average Bonchev–Trinajstić information content (AvgIpc) is 3.09. The van der Waals surface area contributed by atoms with Gasteiger partial charge in [-0.3, -0.25) is 23.4 Å². The van der Waals surface area contributed by atoms with Gasteiger partial charge in [0.15, 0.2) is 11.6 Å². The van der Waals surface area contributed by atoms with Gasteiger partial charge in [-0.05, 0) is 55.2 Å². The number of hydrogen-bond acceptors (Lipinski definition) is 11. The lowest BCUT2D eigenvalue weighted by Crippen LogP contribution is -2.45. The second-order valence-electron chi connectivity index (χ2n) is 12.8. The van der Waals surface area contributed by atoms with Gasteiger partial charge in [0.25, 0.3) is 0 Å². The number of ketones is 3. The predicted octanol–water partition coefficient (Wildman–Crippen LogP) is 2.40. The number of likely N-dealkylation sites (N-methyl/N-ethyl adjacent to an activating group) is 1.